The number of rotatable bonds is 6. The third-order valence-corrected chi connectivity index (χ3v) is 4.98. The van der Waals surface area contributed by atoms with E-state index in [1.54, 1.807) is 0 Å². The minimum Gasteiger partial charge on any atom is -0.494 e. The van der Waals surface area contributed by atoms with Gasteiger partial charge in [0.2, 0.25) is 0 Å². The topological polar surface area (TPSA) is 27.7 Å². The van der Waals surface area contributed by atoms with Gasteiger partial charge < -0.3 is 15.0 Å². The summed E-state index contributed by atoms with van der Waals surface area (Å²) in [5.41, 5.74) is 3.81. The molecule has 1 heterocycles. The zero-order chi connectivity index (χ0) is 18.4. The molecule has 1 atom stereocenters. The largest absolute Gasteiger partial charge is 0.494 e. The lowest BCUT2D eigenvalue weighted by Gasteiger charge is -2.32. The van der Waals surface area contributed by atoms with E-state index in [4.69, 9.17) is 4.74 Å². The van der Waals surface area contributed by atoms with Crippen LogP contribution in [0.2, 0.25) is 0 Å². The van der Waals surface area contributed by atoms with Crippen molar-refractivity contribution in [1.29, 1.82) is 0 Å². The highest BCUT2D eigenvalue weighted by Gasteiger charge is 2.25. The molecule has 0 bridgehead atoms. The molecule has 140 valence electrons. The molecule has 0 aliphatic carbocycles. The molecule has 1 aliphatic heterocycles. The number of para-hydroxylation sites is 1. The highest BCUT2D eigenvalue weighted by atomic mass is 16.5. The molecule has 0 radical (unpaired) electrons. The van der Waals surface area contributed by atoms with E-state index in [9.17, 15) is 0 Å². The number of nitrogens with zero attached hydrogens (tertiary/aromatic N) is 2. The van der Waals surface area contributed by atoms with Gasteiger partial charge in [-0.15, -0.1) is 0 Å². The van der Waals surface area contributed by atoms with E-state index < -0.39 is 0 Å². The molecule has 2 aromatic carbocycles. The first-order chi connectivity index (χ1) is 12.7. The highest BCUT2D eigenvalue weighted by Crippen LogP contribution is 2.35. The molecule has 1 fully saturated rings. The predicted octanol–water partition coefficient (Wildman–Crippen LogP) is 3.54. The fourth-order valence-electron chi connectivity index (χ4n) is 3.66. The minimum atomic E-state index is 0.217. The Balaban J connectivity index is 2.01. The second-order valence-corrected chi connectivity index (χ2v) is 7.00. The van der Waals surface area contributed by atoms with Gasteiger partial charge in [0.25, 0.3) is 0 Å². The molecule has 1 saturated heterocycles. The normalized spacial score (nSPS) is 16.7. The third kappa shape index (κ3) is 4.37. The van der Waals surface area contributed by atoms with Crippen LogP contribution in [-0.2, 0) is 0 Å². The molecule has 1 aliphatic rings. The Labute approximate surface area is 157 Å². The van der Waals surface area contributed by atoms with Crippen LogP contribution in [0.4, 0.5) is 5.69 Å². The molecule has 3 rings (SSSR count). The first-order valence-electron chi connectivity index (χ1n) is 9.64. The maximum Gasteiger partial charge on any atom is 0.124 e. The summed E-state index contributed by atoms with van der Waals surface area (Å²) in [5.74, 6) is 0.994. The van der Waals surface area contributed by atoms with E-state index in [2.05, 4.69) is 77.7 Å². The van der Waals surface area contributed by atoms with Crippen LogP contribution < -0.4 is 15.0 Å². The van der Waals surface area contributed by atoms with Crippen molar-refractivity contribution in [3.05, 3.63) is 59.7 Å². The van der Waals surface area contributed by atoms with Crippen molar-refractivity contribution >= 4 is 5.69 Å². The van der Waals surface area contributed by atoms with Gasteiger partial charge in [-0.25, -0.2) is 0 Å². The maximum atomic E-state index is 5.97. The Hall–Kier alpha value is -2.04. The summed E-state index contributed by atoms with van der Waals surface area (Å²) in [7, 11) is 4.16. The Bertz CT molecular complexity index is 676. The Morgan fingerprint density at radius 1 is 1.04 bits per heavy atom. The first-order valence-corrected chi connectivity index (χ1v) is 9.64. The lowest BCUT2D eigenvalue weighted by Crippen LogP contribution is -2.33. The average Bonchev–Trinajstić information content (AvgIpc) is 2.93. The van der Waals surface area contributed by atoms with Crippen LogP contribution in [0.25, 0.3) is 0 Å². The van der Waals surface area contributed by atoms with Gasteiger partial charge in [0.1, 0.15) is 5.75 Å². The number of hydrogen-bond acceptors (Lipinski definition) is 4. The van der Waals surface area contributed by atoms with Gasteiger partial charge in [0.15, 0.2) is 0 Å². The van der Waals surface area contributed by atoms with Crippen LogP contribution in [0.1, 0.15) is 30.5 Å². The molecular formula is C22H31N3O. The summed E-state index contributed by atoms with van der Waals surface area (Å²) >= 11 is 0. The molecule has 0 spiro atoms. The molecule has 0 aromatic heterocycles. The van der Waals surface area contributed by atoms with Crippen LogP contribution in [-0.4, -0.2) is 51.8 Å². The first kappa shape index (κ1) is 18.7. The molecule has 2 aromatic rings. The number of ether oxygens (including phenoxy) is 1. The molecule has 4 nitrogen and oxygen atoms in total. The van der Waals surface area contributed by atoms with Gasteiger partial charge in [-0.2, -0.15) is 0 Å². The van der Waals surface area contributed by atoms with Gasteiger partial charge in [-0.1, -0.05) is 30.3 Å². The zero-order valence-electron chi connectivity index (χ0n) is 16.2. The average molecular weight is 354 g/mol. The molecule has 0 saturated carbocycles. The van der Waals surface area contributed by atoms with Gasteiger partial charge in [-0.3, -0.25) is 4.90 Å². The number of benzene rings is 2. The van der Waals surface area contributed by atoms with Crippen LogP contribution in [0.3, 0.4) is 0 Å². The summed E-state index contributed by atoms with van der Waals surface area (Å²) in [4.78, 5) is 4.73. The zero-order valence-corrected chi connectivity index (χ0v) is 16.2. The fourth-order valence-corrected chi connectivity index (χ4v) is 3.66. The lowest BCUT2D eigenvalue weighted by molar-refractivity contribution is 0.233. The predicted molar refractivity (Wildman–Crippen MR) is 109 cm³/mol. The SMILES string of the molecule is CCOc1ccccc1C(c1ccc(N(C)C)cc1)N1CCCNCC1. The van der Waals surface area contributed by atoms with E-state index in [0.717, 1.165) is 31.9 Å². The van der Waals surface area contributed by atoms with Gasteiger partial charge >= 0.3 is 0 Å². The summed E-state index contributed by atoms with van der Waals surface area (Å²) in [5, 5.41) is 3.52. The van der Waals surface area contributed by atoms with Gasteiger partial charge in [-0.05, 0) is 43.7 Å². The second-order valence-electron chi connectivity index (χ2n) is 7.00. The second kappa shape index (κ2) is 9.06. The van der Waals surface area contributed by atoms with Crippen LogP contribution >= 0.6 is 0 Å². The molecule has 1 unspecified atom stereocenters. The van der Waals surface area contributed by atoms with Gasteiger partial charge in [0.05, 0.1) is 12.6 Å². The summed E-state index contributed by atoms with van der Waals surface area (Å²) in [6.45, 7) is 6.99. The quantitative estimate of drug-likeness (QED) is 0.860. The third-order valence-electron chi connectivity index (χ3n) is 4.98. The minimum absolute atomic E-state index is 0.217. The fraction of sp³-hybridized carbons (Fsp3) is 0.455. The molecule has 1 N–H and O–H groups in total. The van der Waals surface area contributed by atoms with Crippen molar-refractivity contribution in [3.63, 3.8) is 0 Å². The van der Waals surface area contributed by atoms with E-state index in [-0.39, 0.29) is 6.04 Å². The number of nitrogens with one attached hydrogen (secondary N) is 1. The number of hydrogen-bond donors (Lipinski definition) is 1. The highest BCUT2D eigenvalue weighted by molar-refractivity contribution is 5.49. The van der Waals surface area contributed by atoms with Crippen molar-refractivity contribution in [2.75, 3.05) is 51.8 Å². The van der Waals surface area contributed by atoms with Crippen LogP contribution in [0.5, 0.6) is 5.75 Å². The van der Waals surface area contributed by atoms with Crippen molar-refractivity contribution in [1.82, 2.24) is 10.2 Å². The van der Waals surface area contributed by atoms with Crippen molar-refractivity contribution in [2.24, 2.45) is 0 Å². The molecular weight excluding hydrogens is 322 g/mol. The monoisotopic (exact) mass is 353 g/mol. The van der Waals surface area contributed by atoms with E-state index in [1.165, 1.54) is 23.2 Å². The molecule has 26 heavy (non-hydrogen) atoms. The van der Waals surface area contributed by atoms with Crippen molar-refractivity contribution < 1.29 is 4.74 Å². The van der Waals surface area contributed by atoms with Crippen LogP contribution in [0, 0.1) is 0 Å². The van der Waals surface area contributed by atoms with E-state index >= 15 is 0 Å². The van der Waals surface area contributed by atoms with E-state index in [1.807, 2.05) is 6.92 Å². The standard InChI is InChI=1S/C22H31N3O/c1-4-26-21-9-6-5-8-20(21)22(25-16-7-14-23-15-17-25)18-10-12-19(13-11-18)24(2)3/h5-6,8-13,22-23H,4,7,14-17H2,1-3H3. The van der Waals surface area contributed by atoms with Crippen molar-refractivity contribution in [2.45, 2.75) is 19.4 Å². The van der Waals surface area contributed by atoms with E-state index in [0.29, 0.717) is 6.61 Å². The molecule has 0 amide bonds. The maximum absolute atomic E-state index is 5.97. The Morgan fingerprint density at radius 2 is 1.81 bits per heavy atom. The van der Waals surface area contributed by atoms with Crippen LogP contribution in [0.15, 0.2) is 48.5 Å². The number of anilines is 1. The van der Waals surface area contributed by atoms with Gasteiger partial charge in [0, 0.05) is 45.0 Å². The summed E-state index contributed by atoms with van der Waals surface area (Å²) < 4.78 is 5.97. The summed E-state index contributed by atoms with van der Waals surface area (Å²) in [6, 6.07) is 17.7. The lowest BCUT2D eigenvalue weighted by atomic mass is 9.95. The summed E-state index contributed by atoms with van der Waals surface area (Å²) in [6.07, 6.45) is 1.17. The van der Waals surface area contributed by atoms with Crippen molar-refractivity contribution in [3.8, 4) is 5.75 Å². The smallest absolute Gasteiger partial charge is 0.124 e. The Kier molecular flexibility index (Phi) is 6.53. The Morgan fingerprint density at radius 3 is 2.54 bits per heavy atom. The molecule has 4 heteroatoms.